The number of amides is 1. The molecule has 1 N–H and O–H groups in total. The van der Waals surface area contributed by atoms with Crippen LogP contribution in [-0.4, -0.2) is 43.8 Å². The van der Waals surface area contributed by atoms with Crippen LogP contribution in [0.25, 0.3) is 0 Å². The summed E-state index contributed by atoms with van der Waals surface area (Å²) >= 11 is 3.70. The fraction of sp³-hybridized carbons (Fsp3) is 0.588. The Morgan fingerprint density at radius 3 is 2.48 bits per heavy atom. The molecule has 0 fully saturated rings. The van der Waals surface area contributed by atoms with Crippen LogP contribution in [0.3, 0.4) is 0 Å². The zero-order chi connectivity index (χ0) is 17.1. The molecule has 1 aromatic rings. The quantitative estimate of drug-likeness (QED) is 0.613. The van der Waals surface area contributed by atoms with Crippen LogP contribution in [0.5, 0.6) is 11.5 Å². The van der Waals surface area contributed by atoms with E-state index in [2.05, 4.69) is 17.8 Å². The van der Waals surface area contributed by atoms with Gasteiger partial charge < -0.3 is 14.8 Å². The van der Waals surface area contributed by atoms with Gasteiger partial charge in [0, 0.05) is 17.5 Å². The van der Waals surface area contributed by atoms with Gasteiger partial charge in [-0.2, -0.15) is 23.5 Å². The summed E-state index contributed by atoms with van der Waals surface area (Å²) in [5, 5.41) is 2.98. The summed E-state index contributed by atoms with van der Waals surface area (Å²) in [6.07, 6.45) is 7.63. The van der Waals surface area contributed by atoms with Gasteiger partial charge in [0.1, 0.15) is 0 Å². The van der Waals surface area contributed by atoms with Gasteiger partial charge in [0.25, 0.3) is 0 Å². The number of hydrogen-bond donors (Lipinski definition) is 1. The van der Waals surface area contributed by atoms with Crippen molar-refractivity contribution in [2.45, 2.75) is 30.3 Å². The Bertz CT molecular complexity index is 479. The average Bonchev–Trinajstić information content (AvgIpc) is 2.58. The predicted octanol–water partition coefficient (Wildman–Crippen LogP) is 3.58. The summed E-state index contributed by atoms with van der Waals surface area (Å²) < 4.78 is 11.1. The van der Waals surface area contributed by atoms with E-state index in [9.17, 15) is 4.79 Å². The number of benzene rings is 1. The molecule has 6 heteroatoms. The normalized spacial score (nSPS) is 10.7. The zero-order valence-corrected chi connectivity index (χ0v) is 16.0. The van der Waals surface area contributed by atoms with Gasteiger partial charge in [0.15, 0.2) is 11.5 Å². The highest BCUT2D eigenvalue weighted by molar-refractivity contribution is 8.16. The van der Waals surface area contributed by atoms with Crippen molar-refractivity contribution in [3.05, 3.63) is 23.8 Å². The second kappa shape index (κ2) is 11.5. The van der Waals surface area contributed by atoms with Gasteiger partial charge in [0.2, 0.25) is 5.91 Å². The molecular formula is C17H27NO3S2. The van der Waals surface area contributed by atoms with Crippen molar-refractivity contribution in [1.29, 1.82) is 0 Å². The van der Waals surface area contributed by atoms with E-state index in [1.165, 1.54) is 0 Å². The third-order valence-corrected chi connectivity index (χ3v) is 6.23. The lowest BCUT2D eigenvalue weighted by atomic mass is 10.1. The van der Waals surface area contributed by atoms with Crippen LogP contribution in [0.4, 0.5) is 0 Å². The van der Waals surface area contributed by atoms with E-state index >= 15 is 0 Å². The molecule has 0 spiro atoms. The minimum absolute atomic E-state index is 0.131. The van der Waals surface area contributed by atoms with E-state index in [4.69, 9.17) is 9.47 Å². The molecule has 23 heavy (non-hydrogen) atoms. The molecule has 0 aliphatic rings. The van der Waals surface area contributed by atoms with E-state index in [-0.39, 0.29) is 5.91 Å². The lowest BCUT2D eigenvalue weighted by Gasteiger charge is -2.11. The fourth-order valence-corrected chi connectivity index (χ4v) is 3.81. The van der Waals surface area contributed by atoms with E-state index in [1.807, 2.05) is 41.7 Å². The van der Waals surface area contributed by atoms with Crippen molar-refractivity contribution in [3.63, 3.8) is 0 Å². The minimum atomic E-state index is 0.131. The highest BCUT2D eigenvalue weighted by Gasteiger charge is 2.08. The maximum absolute atomic E-state index is 11.8. The number of hydrogen-bond acceptors (Lipinski definition) is 5. The molecule has 0 saturated heterocycles. The first-order valence-corrected chi connectivity index (χ1v) is 10.2. The molecule has 1 amide bonds. The molecule has 0 radical (unpaired) electrons. The molecule has 0 aliphatic carbocycles. The van der Waals surface area contributed by atoms with Crippen LogP contribution in [0, 0.1) is 0 Å². The van der Waals surface area contributed by atoms with Crippen molar-refractivity contribution in [2.24, 2.45) is 0 Å². The Balaban J connectivity index is 2.29. The van der Waals surface area contributed by atoms with Crippen molar-refractivity contribution in [2.75, 3.05) is 33.3 Å². The van der Waals surface area contributed by atoms with Gasteiger partial charge in [-0.3, -0.25) is 4.79 Å². The van der Waals surface area contributed by atoms with E-state index in [1.54, 1.807) is 14.2 Å². The predicted molar refractivity (Wildman–Crippen MR) is 101 cm³/mol. The summed E-state index contributed by atoms with van der Waals surface area (Å²) in [6.45, 7) is 0.642. The molecule has 130 valence electrons. The summed E-state index contributed by atoms with van der Waals surface area (Å²) in [4.78, 5) is 11.8. The maximum Gasteiger partial charge on any atom is 0.220 e. The fourth-order valence-electron chi connectivity index (χ4n) is 2.23. The standard InChI is InChI=1S/C17H27NO3S2/c1-20-14-9-8-13(12-15(14)21-2)10-11-18-16(19)6-5-7-17(22-3)23-4/h8-9,12,17H,5-7,10-11H2,1-4H3,(H,18,19). The highest BCUT2D eigenvalue weighted by Crippen LogP contribution is 2.27. The molecule has 0 aliphatic heterocycles. The molecule has 0 bridgehead atoms. The first-order chi connectivity index (χ1) is 11.1. The minimum Gasteiger partial charge on any atom is -0.493 e. The molecule has 0 unspecified atom stereocenters. The lowest BCUT2D eigenvalue weighted by molar-refractivity contribution is -0.121. The monoisotopic (exact) mass is 357 g/mol. The van der Waals surface area contributed by atoms with Gasteiger partial charge >= 0.3 is 0 Å². The summed E-state index contributed by atoms with van der Waals surface area (Å²) in [7, 11) is 3.25. The molecular weight excluding hydrogens is 330 g/mol. The third-order valence-electron chi connectivity index (χ3n) is 3.55. The van der Waals surface area contributed by atoms with Crippen molar-refractivity contribution in [1.82, 2.24) is 5.32 Å². The molecule has 1 rings (SSSR count). The summed E-state index contributed by atoms with van der Waals surface area (Å²) in [6, 6.07) is 5.84. The van der Waals surface area contributed by atoms with Crippen LogP contribution >= 0.6 is 23.5 Å². The Hall–Kier alpha value is -1.01. The Morgan fingerprint density at radius 1 is 1.17 bits per heavy atom. The molecule has 4 nitrogen and oxygen atoms in total. The molecule has 0 heterocycles. The van der Waals surface area contributed by atoms with E-state index < -0.39 is 0 Å². The SMILES string of the molecule is COc1ccc(CCNC(=O)CCCC(SC)SC)cc1OC. The first-order valence-electron chi connectivity index (χ1n) is 7.67. The van der Waals surface area contributed by atoms with Gasteiger partial charge in [-0.15, -0.1) is 0 Å². The zero-order valence-electron chi connectivity index (χ0n) is 14.4. The number of methoxy groups -OCH3 is 2. The Kier molecular flexibility index (Phi) is 10.0. The van der Waals surface area contributed by atoms with Crippen molar-refractivity contribution >= 4 is 29.4 Å². The lowest BCUT2D eigenvalue weighted by Crippen LogP contribution is -2.25. The number of thioether (sulfide) groups is 2. The van der Waals surface area contributed by atoms with Crippen LogP contribution in [-0.2, 0) is 11.2 Å². The van der Waals surface area contributed by atoms with Crippen molar-refractivity contribution < 1.29 is 14.3 Å². The number of rotatable bonds is 11. The second-order valence-corrected chi connectivity index (χ2v) is 7.46. The highest BCUT2D eigenvalue weighted by atomic mass is 32.2. The summed E-state index contributed by atoms with van der Waals surface area (Å²) in [5.41, 5.74) is 1.12. The maximum atomic E-state index is 11.8. The molecule has 0 saturated carbocycles. The second-order valence-electron chi connectivity index (χ2n) is 5.08. The molecule has 0 atom stereocenters. The van der Waals surface area contributed by atoms with E-state index in [0.29, 0.717) is 17.5 Å². The third kappa shape index (κ3) is 7.40. The van der Waals surface area contributed by atoms with Crippen molar-refractivity contribution in [3.8, 4) is 11.5 Å². The first kappa shape index (κ1) is 20.0. The summed E-state index contributed by atoms with van der Waals surface area (Å²) in [5.74, 6) is 1.57. The number of ether oxygens (including phenoxy) is 2. The van der Waals surface area contributed by atoms with Gasteiger partial charge in [0.05, 0.1) is 14.2 Å². The number of nitrogens with one attached hydrogen (secondary N) is 1. The Labute approximate surface area is 148 Å². The van der Waals surface area contributed by atoms with Crippen LogP contribution in [0.1, 0.15) is 24.8 Å². The van der Waals surface area contributed by atoms with Crippen LogP contribution in [0.15, 0.2) is 18.2 Å². The number of carbonyl (C=O) groups excluding carboxylic acids is 1. The smallest absolute Gasteiger partial charge is 0.220 e. The van der Waals surface area contributed by atoms with Crippen LogP contribution < -0.4 is 14.8 Å². The molecule has 1 aromatic carbocycles. The van der Waals surface area contributed by atoms with Gasteiger partial charge in [-0.25, -0.2) is 0 Å². The number of carbonyl (C=O) groups is 1. The Morgan fingerprint density at radius 2 is 1.87 bits per heavy atom. The van der Waals surface area contributed by atoms with Gasteiger partial charge in [-0.1, -0.05) is 6.07 Å². The van der Waals surface area contributed by atoms with E-state index in [0.717, 1.165) is 36.3 Å². The van der Waals surface area contributed by atoms with Crippen LogP contribution in [0.2, 0.25) is 0 Å². The topological polar surface area (TPSA) is 47.6 Å². The molecule has 0 aromatic heterocycles. The van der Waals surface area contributed by atoms with Gasteiger partial charge in [-0.05, 0) is 49.5 Å². The largest absolute Gasteiger partial charge is 0.493 e. The average molecular weight is 358 g/mol.